The van der Waals surface area contributed by atoms with Gasteiger partial charge in [0.2, 0.25) is 5.91 Å². The number of aryl methyl sites for hydroxylation is 1. The molecule has 0 bridgehead atoms. The van der Waals surface area contributed by atoms with E-state index in [0.717, 1.165) is 32.2 Å². The summed E-state index contributed by atoms with van der Waals surface area (Å²) in [5.41, 5.74) is 0. The molecule has 2 nitrogen and oxygen atoms in total. The van der Waals surface area contributed by atoms with Crippen molar-refractivity contribution in [2.24, 2.45) is 0 Å². The molecular formula is C13H20BrNOS. The van der Waals surface area contributed by atoms with Crippen molar-refractivity contribution in [2.75, 3.05) is 6.54 Å². The molecule has 0 radical (unpaired) electrons. The highest BCUT2D eigenvalue weighted by Gasteiger charge is 2.06. The molecule has 0 aliphatic carbocycles. The molecule has 1 aromatic heterocycles. The van der Waals surface area contributed by atoms with Crippen molar-refractivity contribution in [3.05, 3.63) is 22.4 Å². The summed E-state index contributed by atoms with van der Waals surface area (Å²) in [6.45, 7) is 2.89. The highest BCUT2D eigenvalue weighted by Crippen LogP contribution is 2.12. The van der Waals surface area contributed by atoms with Gasteiger partial charge in [0.15, 0.2) is 0 Å². The van der Waals surface area contributed by atoms with E-state index in [1.165, 1.54) is 4.88 Å². The number of rotatable bonds is 8. The van der Waals surface area contributed by atoms with Crippen LogP contribution in [0.1, 0.15) is 37.5 Å². The Balaban J connectivity index is 2.05. The van der Waals surface area contributed by atoms with Gasteiger partial charge in [-0.05, 0) is 30.7 Å². The first-order valence-corrected chi connectivity index (χ1v) is 7.95. The predicted octanol–water partition coefficient (Wildman–Crippen LogP) is 3.75. The zero-order valence-corrected chi connectivity index (χ0v) is 12.6. The molecule has 1 N–H and O–H groups in total. The van der Waals surface area contributed by atoms with Crippen molar-refractivity contribution in [2.45, 2.75) is 43.9 Å². The Labute approximate surface area is 116 Å². The molecule has 96 valence electrons. The number of carbonyl (C=O) groups excluding carboxylic acids is 1. The lowest BCUT2D eigenvalue weighted by Crippen LogP contribution is -2.29. The van der Waals surface area contributed by atoms with E-state index in [-0.39, 0.29) is 5.91 Å². The lowest BCUT2D eigenvalue weighted by Gasteiger charge is -2.09. The van der Waals surface area contributed by atoms with Crippen molar-refractivity contribution in [1.82, 2.24) is 5.32 Å². The third-order valence-corrected chi connectivity index (χ3v) is 4.25. The smallest absolute Gasteiger partial charge is 0.220 e. The van der Waals surface area contributed by atoms with Gasteiger partial charge in [0, 0.05) is 22.7 Å². The second-order valence-electron chi connectivity index (χ2n) is 4.12. The topological polar surface area (TPSA) is 29.1 Å². The van der Waals surface area contributed by atoms with Gasteiger partial charge in [-0.3, -0.25) is 4.79 Å². The third-order valence-electron chi connectivity index (χ3n) is 2.53. The van der Waals surface area contributed by atoms with Gasteiger partial charge in [-0.2, -0.15) is 0 Å². The van der Waals surface area contributed by atoms with E-state index in [1.54, 1.807) is 11.3 Å². The number of halogens is 1. The molecule has 0 aromatic carbocycles. The summed E-state index contributed by atoms with van der Waals surface area (Å²) in [5.74, 6) is 0.169. The van der Waals surface area contributed by atoms with Crippen molar-refractivity contribution < 1.29 is 4.79 Å². The molecule has 0 saturated heterocycles. The largest absolute Gasteiger partial charge is 0.355 e. The highest BCUT2D eigenvalue weighted by molar-refractivity contribution is 9.09. The standard InChI is InChI=1S/C13H20BrNOS/c1-2-5-11(14)10-15-13(16)8-3-6-12-7-4-9-17-12/h4,7,9,11H,2-3,5-6,8,10H2,1H3,(H,15,16). The summed E-state index contributed by atoms with van der Waals surface area (Å²) in [7, 11) is 0. The van der Waals surface area contributed by atoms with Crippen LogP contribution in [0.5, 0.6) is 0 Å². The van der Waals surface area contributed by atoms with Crippen LogP contribution in [0.25, 0.3) is 0 Å². The second-order valence-corrected chi connectivity index (χ2v) is 6.45. The lowest BCUT2D eigenvalue weighted by molar-refractivity contribution is -0.121. The van der Waals surface area contributed by atoms with E-state index < -0.39 is 0 Å². The maximum absolute atomic E-state index is 11.6. The first-order chi connectivity index (χ1) is 8.22. The molecule has 0 fully saturated rings. The van der Waals surface area contributed by atoms with E-state index >= 15 is 0 Å². The fourth-order valence-electron chi connectivity index (χ4n) is 1.61. The molecule has 1 heterocycles. The Hall–Kier alpha value is -0.350. The van der Waals surface area contributed by atoms with E-state index in [4.69, 9.17) is 0 Å². The number of nitrogens with one attached hydrogen (secondary N) is 1. The summed E-state index contributed by atoms with van der Waals surface area (Å²) in [6.07, 6.45) is 4.83. The Morgan fingerprint density at radius 2 is 2.41 bits per heavy atom. The van der Waals surface area contributed by atoms with Gasteiger partial charge in [0.05, 0.1) is 0 Å². The van der Waals surface area contributed by atoms with Crippen LogP contribution < -0.4 is 5.32 Å². The van der Waals surface area contributed by atoms with Crippen LogP contribution in [0.4, 0.5) is 0 Å². The quantitative estimate of drug-likeness (QED) is 0.727. The molecule has 1 amide bonds. The van der Waals surface area contributed by atoms with Gasteiger partial charge in [-0.15, -0.1) is 11.3 Å². The summed E-state index contributed by atoms with van der Waals surface area (Å²) >= 11 is 5.31. The van der Waals surface area contributed by atoms with E-state index in [2.05, 4.69) is 45.7 Å². The number of hydrogen-bond donors (Lipinski definition) is 1. The minimum atomic E-state index is 0.169. The van der Waals surface area contributed by atoms with Gasteiger partial charge in [0.25, 0.3) is 0 Å². The van der Waals surface area contributed by atoms with E-state index in [9.17, 15) is 4.79 Å². The summed E-state index contributed by atoms with van der Waals surface area (Å²) in [5, 5.41) is 5.04. The van der Waals surface area contributed by atoms with Crippen LogP contribution in [0.3, 0.4) is 0 Å². The van der Waals surface area contributed by atoms with Crippen molar-refractivity contribution in [3.8, 4) is 0 Å². The van der Waals surface area contributed by atoms with Crippen LogP contribution in [0, 0.1) is 0 Å². The predicted molar refractivity (Wildman–Crippen MR) is 77.9 cm³/mol. The second kappa shape index (κ2) is 8.70. The van der Waals surface area contributed by atoms with Gasteiger partial charge in [-0.1, -0.05) is 35.3 Å². The fourth-order valence-corrected chi connectivity index (χ4v) is 2.98. The zero-order valence-electron chi connectivity index (χ0n) is 10.2. The fraction of sp³-hybridized carbons (Fsp3) is 0.615. The molecule has 1 atom stereocenters. The number of thiophene rings is 1. The van der Waals surface area contributed by atoms with Crippen molar-refractivity contribution in [1.29, 1.82) is 0 Å². The highest BCUT2D eigenvalue weighted by atomic mass is 79.9. The first kappa shape index (κ1) is 14.7. The monoisotopic (exact) mass is 317 g/mol. The average molecular weight is 318 g/mol. The Morgan fingerprint density at radius 1 is 1.59 bits per heavy atom. The molecule has 17 heavy (non-hydrogen) atoms. The van der Waals surface area contributed by atoms with Crippen LogP contribution in [-0.4, -0.2) is 17.3 Å². The van der Waals surface area contributed by atoms with Crippen LogP contribution >= 0.6 is 27.3 Å². The number of hydrogen-bond acceptors (Lipinski definition) is 2. The maximum Gasteiger partial charge on any atom is 0.220 e. The summed E-state index contributed by atoms with van der Waals surface area (Å²) in [6, 6.07) is 4.18. The molecule has 0 saturated carbocycles. The molecular weight excluding hydrogens is 298 g/mol. The van der Waals surface area contributed by atoms with Gasteiger partial charge in [0.1, 0.15) is 0 Å². The third kappa shape index (κ3) is 6.84. The molecule has 1 unspecified atom stereocenters. The normalized spacial score (nSPS) is 12.4. The molecule has 1 rings (SSSR count). The lowest BCUT2D eigenvalue weighted by atomic mass is 10.2. The molecule has 1 aromatic rings. The molecule has 0 aliphatic heterocycles. The Kier molecular flexibility index (Phi) is 7.53. The molecule has 4 heteroatoms. The van der Waals surface area contributed by atoms with Crippen molar-refractivity contribution in [3.63, 3.8) is 0 Å². The summed E-state index contributed by atoms with van der Waals surface area (Å²) < 4.78 is 0. The zero-order chi connectivity index (χ0) is 12.5. The van der Waals surface area contributed by atoms with Crippen LogP contribution in [-0.2, 0) is 11.2 Å². The van der Waals surface area contributed by atoms with E-state index in [0.29, 0.717) is 11.2 Å². The van der Waals surface area contributed by atoms with Crippen LogP contribution in [0.2, 0.25) is 0 Å². The average Bonchev–Trinajstić information content (AvgIpc) is 2.80. The molecule has 0 aliphatic rings. The van der Waals surface area contributed by atoms with E-state index in [1.807, 2.05) is 0 Å². The maximum atomic E-state index is 11.6. The number of amides is 1. The van der Waals surface area contributed by atoms with Crippen LogP contribution in [0.15, 0.2) is 17.5 Å². The first-order valence-electron chi connectivity index (χ1n) is 6.15. The number of carbonyl (C=O) groups is 1. The van der Waals surface area contributed by atoms with Crippen molar-refractivity contribution >= 4 is 33.2 Å². The van der Waals surface area contributed by atoms with Gasteiger partial charge >= 0.3 is 0 Å². The van der Waals surface area contributed by atoms with Gasteiger partial charge < -0.3 is 5.32 Å². The molecule has 0 spiro atoms. The summed E-state index contributed by atoms with van der Waals surface area (Å²) in [4.78, 5) is 13.3. The number of alkyl halides is 1. The minimum Gasteiger partial charge on any atom is -0.355 e. The van der Waals surface area contributed by atoms with Gasteiger partial charge in [-0.25, -0.2) is 0 Å². The minimum absolute atomic E-state index is 0.169. The SMILES string of the molecule is CCCC(Br)CNC(=O)CCCc1cccs1. The Morgan fingerprint density at radius 3 is 3.06 bits per heavy atom. The Bertz CT molecular complexity index is 313.